The van der Waals surface area contributed by atoms with Crippen molar-refractivity contribution in [3.8, 4) is 5.75 Å². The predicted octanol–water partition coefficient (Wildman–Crippen LogP) is 0.886. The molecular weight excluding hydrogens is 260 g/mol. The van der Waals surface area contributed by atoms with E-state index in [-0.39, 0.29) is 29.4 Å². The molecule has 1 aromatic rings. The van der Waals surface area contributed by atoms with Gasteiger partial charge in [-0.3, -0.25) is 4.79 Å². The Hall–Kier alpha value is -1.79. The normalized spacial score (nSPS) is 11.1. The van der Waals surface area contributed by atoms with Crippen LogP contribution in [0.1, 0.15) is 17.3 Å². The standard InChI is InChI=1S/C11H14N2O4.ClH/c1-6(12)10(15)13-8-5-7(11(16)17-2)3-4-9(8)14;/h3-6,14H,12H2,1-2H3,(H,13,15);1H. The summed E-state index contributed by atoms with van der Waals surface area (Å²) in [4.78, 5) is 22.6. The number of halogens is 1. The van der Waals surface area contributed by atoms with Gasteiger partial charge in [0.25, 0.3) is 0 Å². The van der Waals surface area contributed by atoms with Crippen LogP contribution in [0.3, 0.4) is 0 Å². The second-order valence-corrected chi connectivity index (χ2v) is 3.50. The lowest BCUT2D eigenvalue weighted by Gasteiger charge is -2.10. The van der Waals surface area contributed by atoms with Crippen molar-refractivity contribution in [3.05, 3.63) is 23.8 Å². The number of nitrogens with two attached hydrogens (primary N) is 1. The monoisotopic (exact) mass is 274 g/mol. The van der Waals surface area contributed by atoms with Gasteiger partial charge in [-0.15, -0.1) is 12.4 Å². The van der Waals surface area contributed by atoms with Gasteiger partial charge in [-0.2, -0.15) is 0 Å². The van der Waals surface area contributed by atoms with Gasteiger partial charge >= 0.3 is 5.97 Å². The summed E-state index contributed by atoms with van der Waals surface area (Å²) < 4.78 is 4.53. The van der Waals surface area contributed by atoms with Crippen LogP contribution in [0, 0.1) is 0 Å². The molecule has 6 nitrogen and oxygen atoms in total. The number of carbonyl (C=O) groups excluding carboxylic acids is 2. The maximum atomic E-state index is 11.4. The third kappa shape index (κ3) is 3.90. The molecular formula is C11H15ClN2O4. The molecule has 1 rings (SSSR count). The van der Waals surface area contributed by atoms with Crippen molar-refractivity contribution in [1.29, 1.82) is 0 Å². The van der Waals surface area contributed by atoms with E-state index in [0.29, 0.717) is 0 Å². The summed E-state index contributed by atoms with van der Waals surface area (Å²) in [6, 6.07) is 3.30. The Morgan fingerprint density at radius 1 is 1.44 bits per heavy atom. The molecule has 100 valence electrons. The number of hydrogen-bond donors (Lipinski definition) is 3. The largest absolute Gasteiger partial charge is 0.506 e. The number of carbonyl (C=O) groups is 2. The van der Waals surface area contributed by atoms with Crippen molar-refractivity contribution in [2.24, 2.45) is 5.73 Å². The number of amides is 1. The molecule has 1 unspecified atom stereocenters. The molecule has 1 amide bonds. The molecule has 0 aliphatic rings. The summed E-state index contributed by atoms with van der Waals surface area (Å²) in [5.41, 5.74) is 5.72. The SMILES string of the molecule is COC(=O)c1ccc(O)c(NC(=O)C(C)N)c1.Cl. The summed E-state index contributed by atoms with van der Waals surface area (Å²) in [5.74, 6) is -1.16. The highest BCUT2D eigenvalue weighted by atomic mass is 35.5. The lowest BCUT2D eigenvalue weighted by molar-refractivity contribution is -0.117. The van der Waals surface area contributed by atoms with Crippen LogP contribution in [-0.2, 0) is 9.53 Å². The Kier molecular flexibility index (Phi) is 6.15. The van der Waals surface area contributed by atoms with Crippen molar-refractivity contribution >= 4 is 30.0 Å². The van der Waals surface area contributed by atoms with E-state index in [1.165, 1.54) is 32.2 Å². The van der Waals surface area contributed by atoms with E-state index in [1.54, 1.807) is 0 Å². The zero-order valence-electron chi connectivity index (χ0n) is 9.97. The predicted molar refractivity (Wildman–Crippen MR) is 69.0 cm³/mol. The molecule has 0 saturated heterocycles. The van der Waals surface area contributed by atoms with E-state index < -0.39 is 17.9 Å². The molecule has 1 atom stereocenters. The van der Waals surface area contributed by atoms with Gasteiger partial charge in [0, 0.05) is 0 Å². The zero-order valence-corrected chi connectivity index (χ0v) is 10.8. The molecule has 7 heteroatoms. The van der Waals surface area contributed by atoms with Gasteiger partial charge in [-0.25, -0.2) is 4.79 Å². The van der Waals surface area contributed by atoms with E-state index in [4.69, 9.17) is 5.73 Å². The molecule has 1 aromatic carbocycles. The first kappa shape index (κ1) is 16.2. The summed E-state index contributed by atoms with van der Waals surface area (Å²) in [5, 5.41) is 11.9. The molecule has 0 aliphatic heterocycles. The van der Waals surface area contributed by atoms with Gasteiger partial charge in [-0.1, -0.05) is 0 Å². The van der Waals surface area contributed by atoms with Crippen LogP contribution >= 0.6 is 12.4 Å². The number of aromatic hydroxyl groups is 1. The number of rotatable bonds is 3. The Balaban J connectivity index is 0.00000289. The number of esters is 1. The zero-order chi connectivity index (χ0) is 13.0. The topological polar surface area (TPSA) is 102 Å². The fourth-order valence-electron chi connectivity index (χ4n) is 1.13. The molecule has 18 heavy (non-hydrogen) atoms. The first-order valence-electron chi connectivity index (χ1n) is 4.93. The molecule has 0 fully saturated rings. The summed E-state index contributed by atoms with van der Waals surface area (Å²) >= 11 is 0. The minimum Gasteiger partial charge on any atom is -0.506 e. The lowest BCUT2D eigenvalue weighted by Crippen LogP contribution is -2.32. The maximum Gasteiger partial charge on any atom is 0.337 e. The number of benzene rings is 1. The Morgan fingerprint density at radius 3 is 2.56 bits per heavy atom. The third-order valence-electron chi connectivity index (χ3n) is 2.09. The van der Waals surface area contributed by atoms with Crippen LogP contribution in [0.4, 0.5) is 5.69 Å². The van der Waals surface area contributed by atoms with Crippen LogP contribution in [0.2, 0.25) is 0 Å². The fraction of sp³-hybridized carbons (Fsp3) is 0.273. The highest BCUT2D eigenvalue weighted by molar-refractivity contribution is 5.98. The van der Waals surface area contributed by atoms with Gasteiger partial charge in [0.05, 0.1) is 24.4 Å². The number of phenolic OH excluding ortho intramolecular Hbond substituents is 1. The first-order valence-corrected chi connectivity index (χ1v) is 4.93. The minimum absolute atomic E-state index is 0. The van der Waals surface area contributed by atoms with Crippen molar-refractivity contribution < 1.29 is 19.4 Å². The van der Waals surface area contributed by atoms with E-state index in [2.05, 4.69) is 10.1 Å². The van der Waals surface area contributed by atoms with E-state index in [1.807, 2.05) is 0 Å². The molecule has 0 saturated carbocycles. The van der Waals surface area contributed by atoms with Gasteiger partial charge in [0.2, 0.25) is 5.91 Å². The number of phenols is 1. The summed E-state index contributed by atoms with van der Waals surface area (Å²) in [6.45, 7) is 1.51. The van der Waals surface area contributed by atoms with E-state index in [9.17, 15) is 14.7 Å². The fourth-order valence-corrected chi connectivity index (χ4v) is 1.13. The average Bonchev–Trinajstić information content (AvgIpc) is 2.30. The molecule has 0 radical (unpaired) electrons. The second kappa shape index (κ2) is 6.83. The van der Waals surface area contributed by atoms with Crippen molar-refractivity contribution in [2.75, 3.05) is 12.4 Å². The van der Waals surface area contributed by atoms with Gasteiger partial charge in [0.1, 0.15) is 5.75 Å². The molecule has 0 bridgehead atoms. The Morgan fingerprint density at radius 2 is 2.06 bits per heavy atom. The van der Waals surface area contributed by atoms with Crippen molar-refractivity contribution in [3.63, 3.8) is 0 Å². The van der Waals surface area contributed by atoms with Crippen LogP contribution < -0.4 is 11.1 Å². The maximum absolute atomic E-state index is 11.4. The number of hydrogen-bond acceptors (Lipinski definition) is 5. The van der Waals surface area contributed by atoms with E-state index in [0.717, 1.165) is 0 Å². The molecule has 0 aromatic heterocycles. The summed E-state index contributed by atoms with van der Waals surface area (Å²) in [7, 11) is 1.25. The van der Waals surface area contributed by atoms with Crippen LogP contribution in [0.25, 0.3) is 0 Å². The van der Waals surface area contributed by atoms with Crippen LogP contribution in [-0.4, -0.2) is 30.1 Å². The number of ether oxygens (including phenoxy) is 1. The van der Waals surface area contributed by atoms with Crippen LogP contribution in [0.5, 0.6) is 5.75 Å². The molecule has 0 aliphatic carbocycles. The molecule has 0 spiro atoms. The highest BCUT2D eigenvalue weighted by Crippen LogP contribution is 2.24. The quantitative estimate of drug-likeness (QED) is 0.561. The average molecular weight is 275 g/mol. The first-order chi connectivity index (χ1) is 7.95. The third-order valence-corrected chi connectivity index (χ3v) is 2.09. The van der Waals surface area contributed by atoms with Crippen LogP contribution in [0.15, 0.2) is 18.2 Å². The van der Waals surface area contributed by atoms with Gasteiger partial charge in [-0.05, 0) is 25.1 Å². The highest BCUT2D eigenvalue weighted by Gasteiger charge is 2.13. The Bertz CT molecular complexity index is 449. The van der Waals surface area contributed by atoms with Gasteiger partial charge in [0.15, 0.2) is 0 Å². The molecule has 0 heterocycles. The molecule has 4 N–H and O–H groups in total. The number of anilines is 1. The lowest BCUT2D eigenvalue weighted by atomic mass is 10.2. The van der Waals surface area contributed by atoms with Crippen molar-refractivity contribution in [2.45, 2.75) is 13.0 Å². The smallest absolute Gasteiger partial charge is 0.337 e. The second-order valence-electron chi connectivity index (χ2n) is 3.50. The van der Waals surface area contributed by atoms with E-state index >= 15 is 0 Å². The van der Waals surface area contributed by atoms with Gasteiger partial charge < -0.3 is 20.9 Å². The summed E-state index contributed by atoms with van der Waals surface area (Å²) in [6.07, 6.45) is 0. The van der Waals surface area contributed by atoms with Crippen molar-refractivity contribution in [1.82, 2.24) is 0 Å². The minimum atomic E-state index is -0.712. The Labute approximate surface area is 111 Å². The number of nitrogens with one attached hydrogen (secondary N) is 1. The number of methoxy groups -OCH3 is 1.